The number of halogens is 1. The Balaban J connectivity index is 2.15. The van der Waals surface area contributed by atoms with E-state index in [1.165, 1.54) is 18.5 Å². The number of thiocarbonyl (C=S) groups is 1. The molecule has 0 radical (unpaired) electrons. The van der Waals surface area contributed by atoms with Gasteiger partial charge in [0.2, 0.25) is 0 Å². The molecule has 5 heteroatoms. The molecule has 1 aromatic rings. The zero-order chi connectivity index (χ0) is 14.0. The summed E-state index contributed by atoms with van der Waals surface area (Å²) in [6.45, 7) is 2.33. The van der Waals surface area contributed by atoms with Crippen LogP contribution in [-0.4, -0.2) is 43.1 Å². The van der Waals surface area contributed by atoms with E-state index < -0.39 is 0 Å². The fourth-order valence-corrected chi connectivity index (χ4v) is 3.31. The van der Waals surface area contributed by atoms with Crippen molar-refractivity contribution in [2.24, 2.45) is 5.73 Å². The van der Waals surface area contributed by atoms with Gasteiger partial charge in [0.25, 0.3) is 0 Å². The van der Waals surface area contributed by atoms with E-state index in [0.29, 0.717) is 11.0 Å². The second-order valence-corrected chi connectivity index (χ2v) is 6.47. The van der Waals surface area contributed by atoms with Crippen LogP contribution in [-0.2, 0) is 0 Å². The van der Waals surface area contributed by atoms with E-state index in [1.54, 1.807) is 0 Å². The molecule has 2 N–H and O–H groups in total. The van der Waals surface area contributed by atoms with Gasteiger partial charge >= 0.3 is 0 Å². The summed E-state index contributed by atoms with van der Waals surface area (Å²) in [7, 11) is 4.35. The van der Waals surface area contributed by atoms with Crippen LogP contribution in [0, 0.1) is 0 Å². The summed E-state index contributed by atoms with van der Waals surface area (Å²) < 4.78 is 1.05. The van der Waals surface area contributed by atoms with Crippen LogP contribution >= 0.6 is 28.1 Å². The predicted octanol–water partition coefficient (Wildman–Crippen LogP) is 2.61. The first-order valence-corrected chi connectivity index (χ1v) is 7.70. The van der Waals surface area contributed by atoms with Crippen LogP contribution in [0.3, 0.4) is 0 Å². The lowest BCUT2D eigenvalue weighted by atomic mass is 10.0. The van der Waals surface area contributed by atoms with E-state index >= 15 is 0 Å². The fraction of sp³-hybridized carbons (Fsp3) is 0.500. The third-order valence-electron chi connectivity index (χ3n) is 3.85. The largest absolute Gasteiger partial charge is 0.389 e. The molecule has 0 bridgehead atoms. The van der Waals surface area contributed by atoms with Crippen molar-refractivity contribution in [3.63, 3.8) is 0 Å². The molecule has 0 aromatic heterocycles. The Morgan fingerprint density at radius 1 is 1.42 bits per heavy atom. The maximum absolute atomic E-state index is 5.66. The molecular weight excluding hydrogens is 322 g/mol. The van der Waals surface area contributed by atoms with E-state index in [1.807, 2.05) is 12.1 Å². The summed E-state index contributed by atoms with van der Waals surface area (Å²) in [6.07, 6.45) is 2.41. The van der Waals surface area contributed by atoms with Crippen molar-refractivity contribution in [2.45, 2.75) is 18.9 Å². The smallest absolute Gasteiger partial charge is 0.104 e. The molecule has 104 valence electrons. The summed E-state index contributed by atoms with van der Waals surface area (Å²) in [5, 5.41) is 0. The minimum Gasteiger partial charge on any atom is -0.389 e. The third kappa shape index (κ3) is 3.46. The third-order valence-corrected chi connectivity index (χ3v) is 4.72. The zero-order valence-corrected chi connectivity index (χ0v) is 13.8. The highest BCUT2D eigenvalue weighted by atomic mass is 79.9. The molecular formula is C14H20BrN3S. The highest BCUT2D eigenvalue weighted by molar-refractivity contribution is 9.10. The molecule has 1 fully saturated rings. The number of anilines is 1. The Morgan fingerprint density at radius 3 is 2.58 bits per heavy atom. The van der Waals surface area contributed by atoms with Gasteiger partial charge in [-0.25, -0.2) is 0 Å². The Labute approximate surface area is 128 Å². The van der Waals surface area contributed by atoms with Gasteiger partial charge in [0.15, 0.2) is 0 Å². The van der Waals surface area contributed by atoms with Crippen LogP contribution in [0.4, 0.5) is 5.69 Å². The Kier molecular flexibility index (Phi) is 4.81. The minimum absolute atomic E-state index is 0.439. The van der Waals surface area contributed by atoms with E-state index in [0.717, 1.165) is 23.1 Å². The lowest BCUT2D eigenvalue weighted by Crippen LogP contribution is -2.42. The number of likely N-dealkylation sites (tertiary alicyclic amines) is 1. The summed E-state index contributed by atoms with van der Waals surface area (Å²) >= 11 is 8.63. The van der Waals surface area contributed by atoms with Crippen molar-refractivity contribution >= 4 is 38.8 Å². The summed E-state index contributed by atoms with van der Waals surface area (Å²) in [5.74, 6) is 0. The van der Waals surface area contributed by atoms with Crippen molar-refractivity contribution in [3.8, 4) is 0 Å². The normalized spacial score (nSPS) is 17.4. The Morgan fingerprint density at radius 2 is 2.05 bits per heavy atom. The minimum atomic E-state index is 0.439. The van der Waals surface area contributed by atoms with E-state index in [2.05, 4.69) is 45.9 Å². The van der Waals surface area contributed by atoms with Crippen LogP contribution in [0.2, 0.25) is 0 Å². The highest BCUT2D eigenvalue weighted by Crippen LogP contribution is 2.30. The van der Waals surface area contributed by atoms with Gasteiger partial charge in [0.05, 0.1) is 5.69 Å². The summed E-state index contributed by atoms with van der Waals surface area (Å²) in [4.78, 5) is 5.18. The molecule has 0 atom stereocenters. The second-order valence-electron chi connectivity index (χ2n) is 5.18. The van der Waals surface area contributed by atoms with Gasteiger partial charge < -0.3 is 15.5 Å². The molecule has 0 saturated carbocycles. The average Bonchev–Trinajstić information content (AvgIpc) is 2.38. The number of nitrogens with zero attached hydrogens (tertiary/aromatic N) is 2. The fourth-order valence-electron chi connectivity index (χ4n) is 2.53. The second kappa shape index (κ2) is 6.20. The number of benzene rings is 1. The molecule has 2 rings (SSSR count). The number of nitrogens with two attached hydrogens (primary N) is 1. The Hall–Kier alpha value is -0.650. The molecule has 3 nitrogen and oxygen atoms in total. The maximum Gasteiger partial charge on any atom is 0.104 e. The van der Waals surface area contributed by atoms with Crippen LogP contribution < -0.4 is 10.6 Å². The number of piperidine rings is 1. The molecule has 0 unspecified atom stereocenters. The van der Waals surface area contributed by atoms with Gasteiger partial charge in [-0.2, -0.15) is 0 Å². The van der Waals surface area contributed by atoms with E-state index in [-0.39, 0.29) is 0 Å². The quantitative estimate of drug-likeness (QED) is 0.856. The molecule has 1 aliphatic rings. The van der Waals surface area contributed by atoms with Crippen molar-refractivity contribution in [2.75, 3.05) is 32.1 Å². The lowest BCUT2D eigenvalue weighted by Gasteiger charge is -2.36. The van der Waals surface area contributed by atoms with Crippen LogP contribution in [0.25, 0.3) is 0 Å². The molecule has 1 aliphatic heterocycles. The topological polar surface area (TPSA) is 32.5 Å². The van der Waals surface area contributed by atoms with Crippen molar-refractivity contribution in [1.29, 1.82) is 0 Å². The zero-order valence-electron chi connectivity index (χ0n) is 11.4. The molecule has 1 saturated heterocycles. The van der Waals surface area contributed by atoms with E-state index in [9.17, 15) is 0 Å². The van der Waals surface area contributed by atoms with Crippen LogP contribution in [0.5, 0.6) is 0 Å². The van der Waals surface area contributed by atoms with Gasteiger partial charge in [-0.05, 0) is 67.1 Å². The van der Waals surface area contributed by atoms with Crippen molar-refractivity contribution in [1.82, 2.24) is 4.90 Å². The Bertz CT molecular complexity index is 470. The van der Waals surface area contributed by atoms with Gasteiger partial charge in [-0.15, -0.1) is 0 Å². The first kappa shape index (κ1) is 14.8. The molecule has 0 amide bonds. The van der Waals surface area contributed by atoms with Crippen LogP contribution in [0.1, 0.15) is 18.4 Å². The van der Waals surface area contributed by atoms with Crippen molar-refractivity contribution < 1.29 is 0 Å². The molecule has 0 aliphatic carbocycles. The van der Waals surface area contributed by atoms with Gasteiger partial charge in [-0.3, -0.25) is 0 Å². The standard InChI is InChI=1S/C14H20BrN3S/c1-17-7-5-11(6-8-17)18(2)13-4-3-10(14(16)19)9-12(13)15/h3-4,9,11H,5-8H2,1-2H3,(H2,16,19). The highest BCUT2D eigenvalue weighted by Gasteiger charge is 2.22. The van der Waals surface area contributed by atoms with Crippen LogP contribution in [0.15, 0.2) is 22.7 Å². The van der Waals surface area contributed by atoms with Crippen molar-refractivity contribution in [3.05, 3.63) is 28.2 Å². The molecule has 1 heterocycles. The molecule has 19 heavy (non-hydrogen) atoms. The first-order chi connectivity index (χ1) is 8.99. The predicted molar refractivity (Wildman–Crippen MR) is 89.0 cm³/mol. The molecule has 0 spiro atoms. The first-order valence-electron chi connectivity index (χ1n) is 6.50. The maximum atomic E-state index is 5.66. The van der Waals surface area contributed by atoms with Gasteiger partial charge in [0.1, 0.15) is 4.99 Å². The lowest BCUT2D eigenvalue weighted by molar-refractivity contribution is 0.253. The van der Waals surface area contributed by atoms with E-state index in [4.69, 9.17) is 18.0 Å². The number of hydrogen-bond acceptors (Lipinski definition) is 3. The summed E-state index contributed by atoms with van der Waals surface area (Å²) in [6, 6.07) is 6.69. The number of rotatable bonds is 3. The average molecular weight is 342 g/mol. The van der Waals surface area contributed by atoms with Gasteiger partial charge in [-0.1, -0.05) is 12.2 Å². The molecule has 1 aromatic carbocycles. The monoisotopic (exact) mass is 341 g/mol. The van der Waals surface area contributed by atoms with Gasteiger partial charge in [0, 0.05) is 23.1 Å². The SMILES string of the molecule is CN1CCC(N(C)c2ccc(C(N)=S)cc2Br)CC1. The summed E-state index contributed by atoms with van der Waals surface area (Å²) in [5.41, 5.74) is 7.77. The number of hydrogen-bond donors (Lipinski definition) is 1.